The zero-order valence-electron chi connectivity index (χ0n) is 4.45. The predicted molar refractivity (Wildman–Crippen MR) is 35.3 cm³/mol. The molecule has 0 bridgehead atoms. The molecule has 0 aliphatic carbocycles. The molecule has 0 aromatic rings. The molecule has 0 aromatic carbocycles. The summed E-state index contributed by atoms with van der Waals surface area (Å²) in [6.45, 7) is 1.70. The lowest BCUT2D eigenvalue weighted by Crippen LogP contribution is -1.89. The van der Waals surface area contributed by atoms with E-state index in [2.05, 4.69) is 0 Å². The van der Waals surface area contributed by atoms with Crippen molar-refractivity contribution in [1.82, 2.24) is 0 Å². The molecule has 0 radical (unpaired) electrons. The second-order valence-electron chi connectivity index (χ2n) is 0.967. The fraction of sp³-hybridized carbons (Fsp3) is 1.00. The predicted octanol–water partition coefficient (Wildman–Crippen LogP) is 1.16. The third-order valence-electron chi connectivity index (χ3n) is 0. The van der Waals surface area contributed by atoms with Crippen LogP contribution in [0, 0.1) is 0 Å². The molecule has 58 valence electrons. The maximum atomic E-state index is 8.74. The van der Waals surface area contributed by atoms with Gasteiger partial charge in [0.1, 0.15) is 4.84 Å². The smallest absolute Gasteiger partial charge is 0.264 e. The third kappa shape index (κ3) is 1740. The Morgan fingerprint density at radius 1 is 1.33 bits per heavy atom. The highest BCUT2D eigenvalue weighted by atomic mass is 35.5. The highest BCUT2D eigenvalue weighted by Crippen LogP contribution is 1.95. The van der Waals surface area contributed by atoms with Gasteiger partial charge in [-0.1, -0.05) is 0 Å². The van der Waals surface area contributed by atoms with Gasteiger partial charge in [-0.25, -0.2) is 0 Å². The monoisotopic (exact) mass is 196 g/mol. The van der Waals surface area contributed by atoms with Crippen molar-refractivity contribution in [2.45, 2.75) is 11.8 Å². The molecule has 7 heteroatoms. The molecule has 0 spiro atoms. The molecule has 0 saturated heterocycles. The van der Waals surface area contributed by atoms with E-state index >= 15 is 0 Å². The van der Waals surface area contributed by atoms with E-state index < -0.39 is 10.4 Å². The van der Waals surface area contributed by atoms with Crippen LogP contribution in [0.1, 0.15) is 6.92 Å². The van der Waals surface area contributed by atoms with E-state index in [0.29, 0.717) is 0 Å². The lowest BCUT2D eigenvalue weighted by molar-refractivity contribution is 0.381. The molecule has 0 atom stereocenters. The molecule has 2 N–H and O–H groups in total. The summed E-state index contributed by atoms with van der Waals surface area (Å²) in [5, 5.41) is 0. The summed E-state index contributed by atoms with van der Waals surface area (Å²) in [7, 11) is -4.67. The number of rotatable bonds is 0. The van der Waals surface area contributed by atoms with E-state index in [1.165, 1.54) is 0 Å². The van der Waals surface area contributed by atoms with Gasteiger partial charge in [0, 0.05) is 0 Å². The molecular formula is C2H6Cl2O4S. The highest BCUT2D eigenvalue weighted by Gasteiger charge is 1.84. The van der Waals surface area contributed by atoms with Crippen LogP contribution >= 0.6 is 23.2 Å². The maximum absolute atomic E-state index is 8.74. The van der Waals surface area contributed by atoms with Crippen molar-refractivity contribution >= 4 is 33.6 Å². The molecular weight excluding hydrogens is 191 g/mol. The Morgan fingerprint density at radius 3 is 1.33 bits per heavy atom. The van der Waals surface area contributed by atoms with Crippen LogP contribution < -0.4 is 0 Å². The van der Waals surface area contributed by atoms with Gasteiger partial charge in [-0.05, 0) is 6.92 Å². The molecule has 4 nitrogen and oxygen atoms in total. The Kier molecular flexibility index (Phi) is 7.09. The van der Waals surface area contributed by atoms with Gasteiger partial charge in [-0.2, -0.15) is 8.42 Å². The van der Waals surface area contributed by atoms with Crippen molar-refractivity contribution in [3.05, 3.63) is 0 Å². The van der Waals surface area contributed by atoms with Crippen LogP contribution in [0.25, 0.3) is 0 Å². The normalized spacial score (nSPS) is 10.4. The average molecular weight is 197 g/mol. The molecule has 0 aromatic heterocycles. The summed E-state index contributed by atoms with van der Waals surface area (Å²) in [5.41, 5.74) is 0. The molecule has 0 saturated carbocycles. The van der Waals surface area contributed by atoms with Crippen LogP contribution in [0.3, 0.4) is 0 Å². The van der Waals surface area contributed by atoms with Crippen molar-refractivity contribution in [3.63, 3.8) is 0 Å². The first kappa shape index (κ1) is 12.2. The first-order chi connectivity index (χ1) is 3.73. The molecule has 0 rings (SSSR count). The van der Waals surface area contributed by atoms with Gasteiger partial charge in [-0.15, -0.1) is 23.2 Å². The van der Waals surface area contributed by atoms with Gasteiger partial charge >= 0.3 is 10.4 Å². The van der Waals surface area contributed by atoms with Crippen molar-refractivity contribution in [1.29, 1.82) is 0 Å². The summed E-state index contributed by atoms with van der Waals surface area (Å²) in [4.78, 5) is -0.222. The number of halogens is 2. The summed E-state index contributed by atoms with van der Waals surface area (Å²) >= 11 is 10.1. The number of alkyl halides is 2. The van der Waals surface area contributed by atoms with Gasteiger partial charge in [0.2, 0.25) is 0 Å². The van der Waals surface area contributed by atoms with Crippen molar-refractivity contribution < 1.29 is 17.5 Å². The minimum absolute atomic E-state index is 0.222. The van der Waals surface area contributed by atoms with Crippen molar-refractivity contribution in [3.8, 4) is 0 Å². The Bertz CT molecular complexity index is 128. The second-order valence-corrected chi connectivity index (χ2v) is 3.40. The van der Waals surface area contributed by atoms with E-state index in [1.807, 2.05) is 0 Å². The largest absolute Gasteiger partial charge is 0.394 e. The number of hydrogen-bond acceptors (Lipinski definition) is 2. The standard InChI is InChI=1S/C2H4Cl2.H2O4S/c1-2(3)4;1-5(2,3)4/h2H,1H3;(H2,1,2,3,4). The Morgan fingerprint density at radius 2 is 1.33 bits per heavy atom. The highest BCUT2D eigenvalue weighted by molar-refractivity contribution is 7.79. The lowest BCUT2D eigenvalue weighted by atomic mass is 11.0. The van der Waals surface area contributed by atoms with Crippen LogP contribution in [0.2, 0.25) is 0 Å². The summed E-state index contributed by atoms with van der Waals surface area (Å²) in [5.74, 6) is 0. The Balaban J connectivity index is 0. The van der Waals surface area contributed by atoms with E-state index in [4.69, 9.17) is 40.7 Å². The van der Waals surface area contributed by atoms with Gasteiger partial charge in [-0.3, -0.25) is 9.11 Å². The molecule has 0 fully saturated rings. The molecule has 0 heterocycles. The van der Waals surface area contributed by atoms with Crippen LogP contribution in [0.15, 0.2) is 0 Å². The Labute approximate surface area is 63.3 Å². The zero-order valence-corrected chi connectivity index (χ0v) is 6.78. The van der Waals surface area contributed by atoms with E-state index in [9.17, 15) is 0 Å². The van der Waals surface area contributed by atoms with E-state index in [0.717, 1.165) is 0 Å². The van der Waals surface area contributed by atoms with E-state index in [-0.39, 0.29) is 4.84 Å². The van der Waals surface area contributed by atoms with Crippen LogP contribution in [-0.4, -0.2) is 22.4 Å². The third-order valence-corrected chi connectivity index (χ3v) is 0. The van der Waals surface area contributed by atoms with Gasteiger partial charge in [0.25, 0.3) is 0 Å². The SMILES string of the molecule is CC(Cl)Cl.O=S(=O)(O)O. The van der Waals surface area contributed by atoms with Gasteiger partial charge in [0.15, 0.2) is 0 Å². The second kappa shape index (κ2) is 5.25. The fourth-order valence-corrected chi connectivity index (χ4v) is 0. The molecule has 0 unspecified atom stereocenters. The molecule has 9 heavy (non-hydrogen) atoms. The van der Waals surface area contributed by atoms with Crippen LogP contribution in [0.4, 0.5) is 0 Å². The van der Waals surface area contributed by atoms with E-state index in [1.54, 1.807) is 6.92 Å². The van der Waals surface area contributed by atoms with Gasteiger partial charge < -0.3 is 0 Å². The number of hydrogen-bond donors (Lipinski definition) is 2. The first-order valence-electron chi connectivity index (χ1n) is 1.71. The van der Waals surface area contributed by atoms with Crippen molar-refractivity contribution in [2.24, 2.45) is 0 Å². The van der Waals surface area contributed by atoms with Gasteiger partial charge in [0.05, 0.1) is 0 Å². The summed E-state index contributed by atoms with van der Waals surface area (Å²) in [6.07, 6.45) is 0. The fourth-order valence-electron chi connectivity index (χ4n) is 0. The Hall–Kier alpha value is 0.450. The first-order valence-corrected chi connectivity index (χ1v) is 3.98. The van der Waals surface area contributed by atoms with Crippen LogP contribution in [-0.2, 0) is 10.4 Å². The summed E-state index contributed by atoms with van der Waals surface area (Å²) < 4.78 is 31.6. The average Bonchev–Trinajstić information content (AvgIpc) is 1.19. The zero-order chi connectivity index (χ0) is 8.08. The van der Waals surface area contributed by atoms with Crippen LogP contribution in [0.5, 0.6) is 0 Å². The molecule has 0 amide bonds. The minimum Gasteiger partial charge on any atom is -0.264 e. The lowest BCUT2D eigenvalue weighted by Gasteiger charge is -1.72. The maximum Gasteiger partial charge on any atom is 0.394 e. The summed E-state index contributed by atoms with van der Waals surface area (Å²) in [6, 6.07) is 0. The topological polar surface area (TPSA) is 74.6 Å². The van der Waals surface area contributed by atoms with Crippen molar-refractivity contribution in [2.75, 3.05) is 0 Å². The minimum atomic E-state index is -4.67. The molecule has 0 aliphatic rings. The molecule has 0 aliphatic heterocycles. The quantitative estimate of drug-likeness (QED) is 0.451.